The summed E-state index contributed by atoms with van der Waals surface area (Å²) in [5.74, 6) is 0.822. The van der Waals surface area contributed by atoms with E-state index in [1.165, 1.54) is 6.20 Å². The van der Waals surface area contributed by atoms with E-state index < -0.39 is 5.91 Å². The van der Waals surface area contributed by atoms with E-state index in [-0.39, 0.29) is 0 Å². The highest BCUT2D eigenvalue weighted by molar-refractivity contribution is 5.92. The second kappa shape index (κ2) is 4.39. The molecule has 3 N–H and O–H groups in total. The first-order valence-electron chi connectivity index (χ1n) is 4.69. The van der Waals surface area contributed by atoms with Gasteiger partial charge in [-0.25, -0.2) is 9.97 Å². The summed E-state index contributed by atoms with van der Waals surface area (Å²) in [4.78, 5) is 19.0. The van der Waals surface area contributed by atoms with Crippen LogP contribution in [0.1, 0.15) is 10.4 Å². The van der Waals surface area contributed by atoms with Crippen molar-refractivity contribution in [3.8, 4) is 0 Å². The van der Waals surface area contributed by atoms with Crippen LogP contribution in [0.25, 0.3) is 0 Å². The molecule has 0 spiro atoms. The summed E-state index contributed by atoms with van der Waals surface area (Å²) < 4.78 is 0. The van der Waals surface area contributed by atoms with Crippen LogP contribution in [0.15, 0.2) is 42.7 Å². The Labute approximate surface area is 92.3 Å². The van der Waals surface area contributed by atoms with Crippen LogP contribution in [-0.2, 0) is 0 Å². The van der Waals surface area contributed by atoms with E-state index in [0.29, 0.717) is 17.2 Å². The van der Waals surface area contributed by atoms with Crippen molar-refractivity contribution < 1.29 is 4.79 Å². The SMILES string of the molecule is NC(=O)c1ccc(Nc2ccccn2)nc1. The summed E-state index contributed by atoms with van der Waals surface area (Å²) in [5.41, 5.74) is 5.49. The maximum absolute atomic E-state index is 10.8. The number of carbonyl (C=O) groups excluding carboxylic acids is 1. The molecule has 0 aliphatic rings. The van der Waals surface area contributed by atoms with Crippen molar-refractivity contribution >= 4 is 17.5 Å². The zero-order valence-corrected chi connectivity index (χ0v) is 8.42. The van der Waals surface area contributed by atoms with Gasteiger partial charge < -0.3 is 11.1 Å². The summed E-state index contributed by atoms with van der Waals surface area (Å²) in [6, 6.07) is 8.81. The number of primary amides is 1. The molecule has 2 rings (SSSR count). The molecule has 1 amide bonds. The average molecular weight is 214 g/mol. The number of anilines is 2. The van der Waals surface area contributed by atoms with Crippen molar-refractivity contribution in [3.63, 3.8) is 0 Å². The van der Waals surface area contributed by atoms with Gasteiger partial charge in [0.1, 0.15) is 11.6 Å². The minimum absolute atomic E-state index is 0.381. The lowest BCUT2D eigenvalue weighted by Crippen LogP contribution is -2.11. The van der Waals surface area contributed by atoms with E-state index in [0.717, 1.165) is 0 Å². The summed E-state index contributed by atoms with van der Waals surface area (Å²) in [6.07, 6.45) is 3.10. The lowest BCUT2D eigenvalue weighted by atomic mass is 10.3. The minimum atomic E-state index is -0.489. The summed E-state index contributed by atoms with van der Waals surface area (Å²) >= 11 is 0. The molecule has 0 radical (unpaired) electrons. The molecule has 0 aliphatic heterocycles. The number of pyridine rings is 2. The van der Waals surface area contributed by atoms with Gasteiger partial charge in [-0.2, -0.15) is 0 Å². The molecule has 2 aromatic heterocycles. The lowest BCUT2D eigenvalue weighted by Gasteiger charge is -2.03. The van der Waals surface area contributed by atoms with Gasteiger partial charge in [0.25, 0.3) is 0 Å². The van der Waals surface area contributed by atoms with Crippen LogP contribution in [0.2, 0.25) is 0 Å². The molecule has 2 heterocycles. The van der Waals surface area contributed by atoms with Crippen molar-refractivity contribution in [3.05, 3.63) is 48.3 Å². The molecule has 0 aromatic carbocycles. The maximum atomic E-state index is 10.8. The van der Waals surface area contributed by atoms with Gasteiger partial charge in [0.15, 0.2) is 0 Å². The van der Waals surface area contributed by atoms with Crippen LogP contribution < -0.4 is 11.1 Å². The number of nitrogens with zero attached hydrogens (tertiary/aromatic N) is 2. The van der Waals surface area contributed by atoms with Gasteiger partial charge in [-0.3, -0.25) is 4.79 Å². The Morgan fingerprint density at radius 3 is 2.50 bits per heavy atom. The van der Waals surface area contributed by atoms with E-state index >= 15 is 0 Å². The normalized spacial score (nSPS) is 9.75. The highest BCUT2D eigenvalue weighted by atomic mass is 16.1. The van der Waals surface area contributed by atoms with Crippen LogP contribution in [0.4, 0.5) is 11.6 Å². The molecule has 0 atom stereocenters. The van der Waals surface area contributed by atoms with Gasteiger partial charge in [0.2, 0.25) is 5.91 Å². The Balaban J connectivity index is 2.14. The van der Waals surface area contributed by atoms with Crippen molar-refractivity contribution in [2.75, 3.05) is 5.32 Å². The summed E-state index contributed by atoms with van der Waals surface area (Å²) in [5, 5.41) is 3.00. The van der Waals surface area contributed by atoms with Gasteiger partial charge in [0, 0.05) is 12.4 Å². The number of rotatable bonds is 3. The van der Waals surface area contributed by atoms with E-state index in [2.05, 4.69) is 15.3 Å². The van der Waals surface area contributed by atoms with Gasteiger partial charge in [-0.15, -0.1) is 0 Å². The third-order valence-electron chi connectivity index (χ3n) is 1.97. The Kier molecular flexibility index (Phi) is 2.77. The molecule has 5 nitrogen and oxygen atoms in total. The molecule has 16 heavy (non-hydrogen) atoms. The molecule has 0 saturated carbocycles. The molecule has 0 aliphatic carbocycles. The van der Waals surface area contributed by atoms with Crippen LogP contribution in [-0.4, -0.2) is 15.9 Å². The predicted octanol–water partition coefficient (Wildman–Crippen LogP) is 1.32. The molecular formula is C11H10N4O. The zero-order valence-electron chi connectivity index (χ0n) is 8.42. The van der Waals surface area contributed by atoms with Crippen molar-refractivity contribution in [1.29, 1.82) is 0 Å². The smallest absolute Gasteiger partial charge is 0.250 e. The van der Waals surface area contributed by atoms with Crippen LogP contribution in [0.5, 0.6) is 0 Å². The summed E-state index contributed by atoms with van der Waals surface area (Å²) in [6.45, 7) is 0. The number of amides is 1. The molecule has 0 saturated heterocycles. The third-order valence-corrected chi connectivity index (χ3v) is 1.97. The predicted molar refractivity (Wildman–Crippen MR) is 60.3 cm³/mol. The molecule has 80 valence electrons. The van der Waals surface area contributed by atoms with E-state index in [4.69, 9.17) is 5.73 Å². The molecule has 2 aromatic rings. The number of nitrogens with one attached hydrogen (secondary N) is 1. The minimum Gasteiger partial charge on any atom is -0.366 e. The fourth-order valence-electron chi connectivity index (χ4n) is 1.18. The van der Waals surface area contributed by atoms with Crippen molar-refractivity contribution in [2.45, 2.75) is 0 Å². The monoisotopic (exact) mass is 214 g/mol. The molecule has 0 bridgehead atoms. The van der Waals surface area contributed by atoms with Crippen LogP contribution in [0.3, 0.4) is 0 Å². The highest BCUT2D eigenvalue weighted by Crippen LogP contribution is 2.10. The number of aromatic nitrogens is 2. The Bertz CT molecular complexity index is 481. The van der Waals surface area contributed by atoms with Crippen molar-refractivity contribution in [2.24, 2.45) is 5.73 Å². The maximum Gasteiger partial charge on any atom is 0.250 e. The number of hydrogen-bond acceptors (Lipinski definition) is 4. The molecule has 0 fully saturated rings. The average Bonchev–Trinajstić information content (AvgIpc) is 2.31. The lowest BCUT2D eigenvalue weighted by molar-refractivity contribution is 0.1000. The molecule has 5 heteroatoms. The van der Waals surface area contributed by atoms with E-state index in [1.807, 2.05) is 18.2 Å². The topological polar surface area (TPSA) is 80.9 Å². The van der Waals surface area contributed by atoms with Gasteiger partial charge in [0.05, 0.1) is 5.56 Å². The van der Waals surface area contributed by atoms with Crippen LogP contribution >= 0.6 is 0 Å². The first-order valence-corrected chi connectivity index (χ1v) is 4.69. The fraction of sp³-hybridized carbons (Fsp3) is 0. The van der Waals surface area contributed by atoms with E-state index in [9.17, 15) is 4.79 Å². The first-order chi connectivity index (χ1) is 7.75. The van der Waals surface area contributed by atoms with Gasteiger partial charge >= 0.3 is 0 Å². The third kappa shape index (κ3) is 2.33. The second-order valence-corrected chi connectivity index (χ2v) is 3.14. The summed E-state index contributed by atoms with van der Waals surface area (Å²) in [7, 11) is 0. The number of nitrogens with two attached hydrogens (primary N) is 1. The van der Waals surface area contributed by atoms with E-state index in [1.54, 1.807) is 18.3 Å². The van der Waals surface area contributed by atoms with Crippen molar-refractivity contribution in [1.82, 2.24) is 9.97 Å². The quantitative estimate of drug-likeness (QED) is 0.807. The number of carbonyl (C=O) groups is 1. The van der Waals surface area contributed by atoms with Gasteiger partial charge in [-0.1, -0.05) is 6.07 Å². The molecule has 0 unspecified atom stereocenters. The number of hydrogen-bond donors (Lipinski definition) is 2. The highest BCUT2D eigenvalue weighted by Gasteiger charge is 2.01. The second-order valence-electron chi connectivity index (χ2n) is 3.14. The largest absolute Gasteiger partial charge is 0.366 e. The zero-order chi connectivity index (χ0) is 11.4. The Morgan fingerprint density at radius 1 is 1.12 bits per heavy atom. The first kappa shape index (κ1) is 10.1. The Hall–Kier alpha value is -2.43. The van der Waals surface area contributed by atoms with Gasteiger partial charge in [-0.05, 0) is 24.3 Å². The Morgan fingerprint density at radius 2 is 1.94 bits per heavy atom. The van der Waals surface area contributed by atoms with Crippen LogP contribution in [0, 0.1) is 0 Å². The fourth-order valence-corrected chi connectivity index (χ4v) is 1.18. The molecular weight excluding hydrogens is 204 g/mol. The standard InChI is InChI=1S/C11H10N4O/c12-11(16)8-4-5-10(14-7-8)15-9-3-1-2-6-13-9/h1-7H,(H2,12,16)(H,13,14,15).